The first kappa shape index (κ1) is 16.5. The molecule has 0 amide bonds. The Kier molecular flexibility index (Phi) is 5.57. The number of anilines is 1. The fourth-order valence-electron chi connectivity index (χ4n) is 2.52. The summed E-state index contributed by atoms with van der Waals surface area (Å²) in [6.07, 6.45) is 0. The van der Waals surface area contributed by atoms with Crippen molar-refractivity contribution in [3.63, 3.8) is 0 Å². The molecule has 6 heteroatoms. The smallest absolute Gasteiger partial charge is 0.193 e. The lowest BCUT2D eigenvalue weighted by atomic mass is 10.2. The van der Waals surface area contributed by atoms with Crippen LogP contribution in [0.2, 0.25) is 0 Å². The van der Waals surface area contributed by atoms with E-state index in [0.29, 0.717) is 24.7 Å². The molecular weight excluding hydrogens is 286 g/mol. The fraction of sp³-hybridized carbons (Fsp3) is 0.562. The van der Waals surface area contributed by atoms with Crippen LogP contribution in [-0.4, -0.2) is 50.6 Å². The Morgan fingerprint density at radius 2 is 1.91 bits per heavy atom. The van der Waals surface area contributed by atoms with Gasteiger partial charge in [-0.25, -0.2) is 8.78 Å². The predicted octanol–water partition coefficient (Wildman–Crippen LogP) is 2.32. The summed E-state index contributed by atoms with van der Waals surface area (Å²) in [7, 11) is 1.77. The van der Waals surface area contributed by atoms with Gasteiger partial charge in [0.05, 0.1) is 5.69 Å². The number of aliphatic imine (C=N–C) groups is 1. The Morgan fingerprint density at radius 3 is 2.50 bits per heavy atom. The number of hydrogen-bond acceptors (Lipinski definition) is 2. The zero-order valence-electron chi connectivity index (χ0n) is 13.4. The summed E-state index contributed by atoms with van der Waals surface area (Å²) in [6, 6.07) is 3.59. The standard InChI is InChI=1S/C16H24F2N4/c1-12(2)11-20-16(19-3)22-8-6-21(7-9-22)15-10-13(17)4-5-14(15)18/h4-5,10,12H,6-9,11H2,1-3H3,(H,19,20). The van der Waals surface area contributed by atoms with Gasteiger partial charge in [-0.2, -0.15) is 0 Å². The van der Waals surface area contributed by atoms with Gasteiger partial charge in [0.2, 0.25) is 0 Å². The van der Waals surface area contributed by atoms with Crippen LogP contribution in [0.3, 0.4) is 0 Å². The molecule has 1 aromatic carbocycles. The molecule has 0 atom stereocenters. The molecule has 1 aliphatic heterocycles. The molecule has 1 saturated heterocycles. The minimum absolute atomic E-state index is 0.338. The van der Waals surface area contributed by atoms with Crippen LogP contribution in [0.5, 0.6) is 0 Å². The molecule has 2 rings (SSSR count). The van der Waals surface area contributed by atoms with Crippen LogP contribution in [0.4, 0.5) is 14.5 Å². The predicted molar refractivity (Wildman–Crippen MR) is 86.3 cm³/mol. The Balaban J connectivity index is 1.96. The molecule has 0 saturated carbocycles. The lowest BCUT2D eigenvalue weighted by molar-refractivity contribution is 0.368. The number of rotatable bonds is 3. The van der Waals surface area contributed by atoms with E-state index in [0.717, 1.165) is 31.7 Å². The molecule has 0 spiro atoms. The molecule has 0 aliphatic carbocycles. The highest BCUT2D eigenvalue weighted by molar-refractivity contribution is 5.80. The van der Waals surface area contributed by atoms with Crippen LogP contribution in [0.25, 0.3) is 0 Å². The lowest BCUT2D eigenvalue weighted by Crippen LogP contribution is -2.53. The highest BCUT2D eigenvalue weighted by atomic mass is 19.1. The zero-order valence-corrected chi connectivity index (χ0v) is 13.4. The minimum Gasteiger partial charge on any atom is -0.366 e. The molecule has 0 aromatic heterocycles. The van der Waals surface area contributed by atoms with Crippen molar-refractivity contribution in [1.82, 2.24) is 10.2 Å². The van der Waals surface area contributed by atoms with Crippen LogP contribution >= 0.6 is 0 Å². The number of piperazine rings is 1. The molecular formula is C16H24F2N4. The van der Waals surface area contributed by atoms with Crippen LogP contribution < -0.4 is 10.2 Å². The quantitative estimate of drug-likeness (QED) is 0.686. The largest absolute Gasteiger partial charge is 0.366 e. The average molecular weight is 310 g/mol. The summed E-state index contributed by atoms with van der Waals surface area (Å²) in [6.45, 7) is 7.90. The van der Waals surface area contributed by atoms with Gasteiger partial charge in [0.25, 0.3) is 0 Å². The van der Waals surface area contributed by atoms with Gasteiger partial charge in [0.1, 0.15) is 11.6 Å². The maximum atomic E-state index is 13.8. The first-order valence-electron chi connectivity index (χ1n) is 7.67. The third kappa shape index (κ3) is 4.08. The number of nitrogens with one attached hydrogen (secondary N) is 1. The molecule has 1 fully saturated rings. The van der Waals surface area contributed by atoms with Gasteiger partial charge in [0.15, 0.2) is 5.96 Å². The third-order valence-corrected chi connectivity index (χ3v) is 3.71. The number of nitrogens with zero attached hydrogens (tertiary/aromatic N) is 3. The maximum Gasteiger partial charge on any atom is 0.193 e. The van der Waals surface area contributed by atoms with Crippen molar-refractivity contribution < 1.29 is 8.78 Å². The molecule has 22 heavy (non-hydrogen) atoms. The Bertz CT molecular complexity index is 523. The fourth-order valence-corrected chi connectivity index (χ4v) is 2.52. The summed E-state index contributed by atoms with van der Waals surface area (Å²) in [4.78, 5) is 8.32. The molecule has 1 N–H and O–H groups in total. The Morgan fingerprint density at radius 1 is 1.23 bits per heavy atom. The van der Waals surface area contributed by atoms with Gasteiger partial charge in [-0.1, -0.05) is 13.8 Å². The van der Waals surface area contributed by atoms with E-state index in [-0.39, 0.29) is 5.82 Å². The van der Waals surface area contributed by atoms with Gasteiger partial charge in [-0.15, -0.1) is 0 Å². The zero-order chi connectivity index (χ0) is 16.1. The summed E-state index contributed by atoms with van der Waals surface area (Å²) < 4.78 is 27.1. The highest BCUT2D eigenvalue weighted by Crippen LogP contribution is 2.21. The normalized spacial score (nSPS) is 16.4. The van der Waals surface area contributed by atoms with Gasteiger partial charge in [0, 0.05) is 45.8 Å². The van der Waals surface area contributed by atoms with Gasteiger partial charge >= 0.3 is 0 Å². The Labute approximate surface area is 130 Å². The van der Waals surface area contributed by atoms with Gasteiger partial charge in [-0.3, -0.25) is 4.99 Å². The van der Waals surface area contributed by atoms with E-state index in [1.165, 1.54) is 12.1 Å². The second kappa shape index (κ2) is 7.42. The van der Waals surface area contributed by atoms with Crippen LogP contribution in [0, 0.1) is 17.6 Å². The maximum absolute atomic E-state index is 13.8. The lowest BCUT2D eigenvalue weighted by Gasteiger charge is -2.37. The number of hydrogen-bond donors (Lipinski definition) is 1. The van der Waals surface area contributed by atoms with Gasteiger partial charge < -0.3 is 15.1 Å². The van der Waals surface area contributed by atoms with Crippen molar-refractivity contribution in [3.05, 3.63) is 29.8 Å². The van der Waals surface area contributed by atoms with Gasteiger partial charge in [-0.05, 0) is 18.1 Å². The second-order valence-electron chi connectivity index (χ2n) is 5.89. The monoisotopic (exact) mass is 310 g/mol. The molecule has 1 aliphatic rings. The minimum atomic E-state index is -0.409. The van der Waals surface area contributed by atoms with Crippen molar-refractivity contribution in [2.45, 2.75) is 13.8 Å². The summed E-state index contributed by atoms with van der Waals surface area (Å²) in [5, 5.41) is 3.34. The molecule has 1 aromatic rings. The van der Waals surface area contributed by atoms with Crippen molar-refractivity contribution in [2.24, 2.45) is 10.9 Å². The molecule has 0 bridgehead atoms. The van der Waals surface area contributed by atoms with E-state index in [1.54, 1.807) is 7.05 Å². The Hall–Kier alpha value is -1.85. The second-order valence-corrected chi connectivity index (χ2v) is 5.89. The van der Waals surface area contributed by atoms with E-state index in [4.69, 9.17) is 0 Å². The molecule has 1 heterocycles. The summed E-state index contributed by atoms with van der Waals surface area (Å²) in [5.41, 5.74) is 0.338. The van der Waals surface area contributed by atoms with Crippen molar-refractivity contribution >= 4 is 11.6 Å². The third-order valence-electron chi connectivity index (χ3n) is 3.71. The van der Waals surface area contributed by atoms with Crippen LogP contribution in [-0.2, 0) is 0 Å². The van der Waals surface area contributed by atoms with Crippen molar-refractivity contribution in [1.29, 1.82) is 0 Å². The first-order chi connectivity index (χ1) is 10.5. The molecule has 0 radical (unpaired) electrons. The average Bonchev–Trinajstić information content (AvgIpc) is 2.51. The number of benzene rings is 1. The van der Waals surface area contributed by atoms with E-state index in [9.17, 15) is 8.78 Å². The van der Waals surface area contributed by atoms with Crippen LogP contribution in [0.15, 0.2) is 23.2 Å². The first-order valence-corrected chi connectivity index (χ1v) is 7.67. The molecule has 0 unspecified atom stereocenters. The van der Waals surface area contributed by atoms with Crippen molar-refractivity contribution in [3.8, 4) is 0 Å². The summed E-state index contributed by atoms with van der Waals surface area (Å²) >= 11 is 0. The van der Waals surface area contributed by atoms with E-state index in [1.807, 2.05) is 4.90 Å². The van der Waals surface area contributed by atoms with E-state index in [2.05, 4.69) is 29.1 Å². The highest BCUT2D eigenvalue weighted by Gasteiger charge is 2.21. The molecule has 122 valence electrons. The summed E-state index contributed by atoms with van der Waals surface area (Å²) in [5.74, 6) is 0.623. The topological polar surface area (TPSA) is 30.9 Å². The number of halogens is 2. The van der Waals surface area contributed by atoms with Crippen molar-refractivity contribution in [2.75, 3.05) is 44.7 Å². The molecule has 4 nitrogen and oxygen atoms in total. The van der Waals surface area contributed by atoms with E-state index < -0.39 is 5.82 Å². The SMILES string of the molecule is CN=C(NCC(C)C)N1CCN(c2cc(F)ccc2F)CC1. The number of guanidine groups is 1. The van der Waals surface area contributed by atoms with Crippen LogP contribution in [0.1, 0.15) is 13.8 Å². The van der Waals surface area contributed by atoms with E-state index >= 15 is 0 Å².